The Bertz CT molecular complexity index is 786. The number of rotatable bonds is 6. The third-order valence-corrected chi connectivity index (χ3v) is 5.22. The number of allylic oxidation sites excluding steroid dienone is 1. The molecule has 0 radical (unpaired) electrons. The molecule has 1 spiro atoms. The molecule has 0 aromatic heterocycles. The topological polar surface area (TPSA) is 118 Å². The summed E-state index contributed by atoms with van der Waals surface area (Å²) in [7, 11) is 0. The highest BCUT2D eigenvalue weighted by molar-refractivity contribution is 6.20. The fourth-order valence-electron chi connectivity index (χ4n) is 3.66. The van der Waals surface area contributed by atoms with Gasteiger partial charge in [0.2, 0.25) is 0 Å². The number of aliphatic hydroxyl groups excluding tert-OH is 1. The SMILES string of the molecule is CC(=O)CC(C)C(=O)C1=C(O)C2(CC(C)C(C)=CC2C=CC(=O)O)OC1=O. The number of esters is 1. The summed E-state index contributed by atoms with van der Waals surface area (Å²) in [5.74, 6) is -4.98. The maximum atomic E-state index is 12.6. The van der Waals surface area contributed by atoms with E-state index in [1.165, 1.54) is 19.9 Å². The van der Waals surface area contributed by atoms with Crippen molar-refractivity contribution in [3.8, 4) is 0 Å². The molecule has 0 saturated heterocycles. The van der Waals surface area contributed by atoms with Gasteiger partial charge in [0.15, 0.2) is 17.1 Å². The highest BCUT2D eigenvalue weighted by atomic mass is 16.6. The quantitative estimate of drug-likeness (QED) is 0.316. The molecule has 146 valence electrons. The van der Waals surface area contributed by atoms with Gasteiger partial charge in [0.1, 0.15) is 11.4 Å². The van der Waals surface area contributed by atoms with Crippen LogP contribution in [0.1, 0.15) is 40.5 Å². The van der Waals surface area contributed by atoms with Crippen LogP contribution in [0.4, 0.5) is 0 Å². The number of ketones is 2. The molecule has 4 atom stereocenters. The van der Waals surface area contributed by atoms with E-state index in [-0.39, 0.29) is 24.5 Å². The highest BCUT2D eigenvalue weighted by Crippen LogP contribution is 2.48. The molecule has 2 rings (SSSR count). The third-order valence-electron chi connectivity index (χ3n) is 5.22. The number of carboxylic acids is 1. The lowest BCUT2D eigenvalue weighted by Gasteiger charge is -2.39. The number of hydrogen-bond donors (Lipinski definition) is 2. The summed E-state index contributed by atoms with van der Waals surface area (Å²) in [5, 5.41) is 19.8. The van der Waals surface area contributed by atoms with E-state index >= 15 is 0 Å². The van der Waals surface area contributed by atoms with E-state index in [0.29, 0.717) is 0 Å². The van der Waals surface area contributed by atoms with Crippen LogP contribution in [0.25, 0.3) is 0 Å². The Balaban J connectivity index is 2.52. The van der Waals surface area contributed by atoms with Crippen LogP contribution in [0.15, 0.2) is 35.1 Å². The molecule has 0 bridgehead atoms. The second kappa shape index (κ2) is 7.50. The number of hydrogen-bond acceptors (Lipinski definition) is 6. The van der Waals surface area contributed by atoms with Gasteiger partial charge in [0.25, 0.3) is 0 Å². The van der Waals surface area contributed by atoms with Gasteiger partial charge in [-0.1, -0.05) is 31.6 Å². The second-order valence-corrected chi connectivity index (χ2v) is 7.41. The minimum absolute atomic E-state index is 0.0430. The van der Waals surface area contributed by atoms with Gasteiger partial charge in [-0.3, -0.25) is 4.79 Å². The number of aliphatic hydroxyl groups is 1. The molecule has 2 N–H and O–H groups in total. The predicted molar refractivity (Wildman–Crippen MR) is 95.8 cm³/mol. The first-order chi connectivity index (χ1) is 12.5. The first kappa shape index (κ1) is 20.6. The molecule has 0 saturated carbocycles. The molecule has 27 heavy (non-hydrogen) atoms. The first-order valence-electron chi connectivity index (χ1n) is 8.79. The van der Waals surface area contributed by atoms with E-state index in [0.717, 1.165) is 11.6 Å². The summed E-state index contributed by atoms with van der Waals surface area (Å²) >= 11 is 0. The number of carbonyl (C=O) groups excluding carboxylic acids is 3. The molecule has 7 heteroatoms. The van der Waals surface area contributed by atoms with Crippen LogP contribution in [-0.2, 0) is 23.9 Å². The second-order valence-electron chi connectivity index (χ2n) is 7.41. The fourth-order valence-corrected chi connectivity index (χ4v) is 3.66. The molecule has 1 aliphatic heterocycles. The zero-order valence-corrected chi connectivity index (χ0v) is 15.8. The van der Waals surface area contributed by atoms with Gasteiger partial charge in [0.05, 0.1) is 0 Å². The summed E-state index contributed by atoms with van der Waals surface area (Å²) in [6.45, 7) is 6.62. The van der Waals surface area contributed by atoms with E-state index < -0.39 is 46.5 Å². The Morgan fingerprint density at radius 1 is 1.41 bits per heavy atom. The van der Waals surface area contributed by atoms with Crippen LogP contribution in [0.3, 0.4) is 0 Å². The molecule has 0 aromatic rings. The maximum Gasteiger partial charge on any atom is 0.346 e. The van der Waals surface area contributed by atoms with Crippen molar-refractivity contribution in [1.82, 2.24) is 0 Å². The van der Waals surface area contributed by atoms with E-state index in [9.17, 15) is 24.3 Å². The summed E-state index contributed by atoms with van der Waals surface area (Å²) in [4.78, 5) is 47.3. The molecule has 4 unspecified atom stereocenters. The largest absolute Gasteiger partial charge is 0.507 e. The first-order valence-corrected chi connectivity index (χ1v) is 8.79. The van der Waals surface area contributed by atoms with Crippen LogP contribution in [-0.4, -0.2) is 39.3 Å². The molecule has 0 amide bonds. The zero-order chi connectivity index (χ0) is 20.5. The van der Waals surface area contributed by atoms with Crippen molar-refractivity contribution in [3.05, 3.63) is 35.1 Å². The van der Waals surface area contributed by atoms with Crippen molar-refractivity contribution in [3.63, 3.8) is 0 Å². The lowest BCUT2D eigenvalue weighted by atomic mass is 9.71. The highest BCUT2D eigenvalue weighted by Gasteiger charge is 2.56. The number of ether oxygens (including phenoxy) is 1. The minimum Gasteiger partial charge on any atom is -0.507 e. The smallest absolute Gasteiger partial charge is 0.346 e. The van der Waals surface area contributed by atoms with Gasteiger partial charge in [-0.05, 0) is 19.8 Å². The summed E-state index contributed by atoms with van der Waals surface area (Å²) < 4.78 is 5.50. The zero-order valence-electron chi connectivity index (χ0n) is 15.8. The molecule has 0 fully saturated rings. The molecule has 0 aromatic carbocycles. The van der Waals surface area contributed by atoms with Crippen molar-refractivity contribution >= 4 is 23.5 Å². The van der Waals surface area contributed by atoms with Crippen molar-refractivity contribution < 1.29 is 34.1 Å². The van der Waals surface area contributed by atoms with Gasteiger partial charge >= 0.3 is 11.9 Å². The van der Waals surface area contributed by atoms with Crippen molar-refractivity contribution in [2.75, 3.05) is 0 Å². The van der Waals surface area contributed by atoms with Crippen molar-refractivity contribution in [2.45, 2.75) is 46.1 Å². The Morgan fingerprint density at radius 3 is 2.59 bits per heavy atom. The lowest BCUT2D eigenvalue weighted by molar-refractivity contribution is -0.153. The molecular weight excluding hydrogens is 352 g/mol. The molecule has 1 aliphatic carbocycles. The van der Waals surface area contributed by atoms with Crippen molar-refractivity contribution in [1.29, 1.82) is 0 Å². The van der Waals surface area contributed by atoms with E-state index in [4.69, 9.17) is 9.84 Å². The van der Waals surface area contributed by atoms with Crippen LogP contribution in [0.5, 0.6) is 0 Å². The van der Waals surface area contributed by atoms with Crippen LogP contribution < -0.4 is 0 Å². The lowest BCUT2D eigenvalue weighted by Crippen LogP contribution is -2.43. The van der Waals surface area contributed by atoms with E-state index in [2.05, 4.69) is 0 Å². The van der Waals surface area contributed by atoms with E-state index in [1.54, 1.807) is 6.08 Å². The Labute approximate surface area is 157 Å². The van der Waals surface area contributed by atoms with E-state index in [1.807, 2.05) is 13.8 Å². The summed E-state index contributed by atoms with van der Waals surface area (Å²) in [6, 6.07) is 0. The summed E-state index contributed by atoms with van der Waals surface area (Å²) in [5.41, 5.74) is -0.991. The van der Waals surface area contributed by atoms with Crippen molar-refractivity contribution in [2.24, 2.45) is 17.8 Å². The Kier molecular flexibility index (Phi) is 5.73. The van der Waals surface area contributed by atoms with Crippen LogP contribution in [0, 0.1) is 17.8 Å². The number of Topliss-reactive ketones (excluding diaryl/α,β-unsaturated/α-hetero) is 2. The third kappa shape index (κ3) is 3.86. The average molecular weight is 376 g/mol. The Morgan fingerprint density at radius 2 is 2.04 bits per heavy atom. The molecule has 7 nitrogen and oxygen atoms in total. The molecule has 1 heterocycles. The van der Waals surface area contributed by atoms with Gasteiger partial charge in [-0.25, -0.2) is 9.59 Å². The number of aliphatic carboxylic acids is 1. The Hall–Kier alpha value is -2.70. The molecule has 2 aliphatic rings. The average Bonchev–Trinajstić information content (AvgIpc) is 2.79. The maximum absolute atomic E-state index is 12.6. The van der Waals surface area contributed by atoms with Crippen LogP contribution in [0.2, 0.25) is 0 Å². The monoisotopic (exact) mass is 376 g/mol. The standard InChI is InChI=1S/C20H24O7/c1-10-8-14(5-6-15(22)23)20(9-12(10)3)18(25)16(19(26)27-20)17(24)11(2)7-13(4)21/h5-6,8,11-12,14,25H,7,9H2,1-4H3,(H,22,23). The fraction of sp³-hybridized carbons (Fsp3) is 0.500. The van der Waals surface area contributed by atoms with Gasteiger partial charge in [0, 0.05) is 30.8 Å². The van der Waals surface area contributed by atoms with Crippen LogP contribution >= 0.6 is 0 Å². The molecular formula is C20H24O7. The van der Waals surface area contributed by atoms with Gasteiger partial charge in [-0.15, -0.1) is 0 Å². The van der Waals surface area contributed by atoms with Gasteiger partial charge < -0.3 is 19.7 Å². The van der Waals surface area contributed by atoms with Gasteiger partial charge in [-0.2, -0.15) is 0 Å². The normalized spacial score (nSPS) is 29.0. The number of carbonyl (C=O) groups is 4. The predicted octanol–water partition coefficient (Wildman–Crippen LogP) is 2.52. The summed E-state index contributed by atoms with van der Waals surface area (Å²) in [6.07, 6.45) is 4.18. The number of carboxylic acid groups (broad SMARTS) is 1. The minimum atomic E-state index is -1.51.